The predicted octanol–water partition coefficient (Wildman–Crippen LogP) is 3.94. The van der Waals surface area contributed by atoms with Gasteiger partial charge in [0.05, 0.1) is 49.9 Å². The fourth-order valence-corrected chi connectivity index (χ4v) is 5.71. The highest BCUT2D eigenvalue weighted by molar-refractivity contribution is 6.74. The van der Waals surface area contributed by atoms with Crippen LogP contribution >= 0.6 is 0 Å². The number of hydrogen-bond donors (Lipinski definition) is 0. The number of anilines is 1. The Kier molecular flexibility index (Phi) is 7.42. The average molecular weight is 523 g/mol. The largest absolute Gasteiger partial charge is 0.469 e. The second-order valence-corrected chi connectivity index (χ2v) is 17.2. The van der Waals surface area contributed by atoms with Gasteiger partial charge in [-0.05, 0) is 52.8 Å². The first-order valence-corrected chi connectivity index (χ1v) is 15.4. The number of amides is 2. The fourth-order valence-electron chi connectivity index (χ4n) is 4.47. The standard InChI is InChI=1S/C25H42N4O6Si/c1-15-13-28-18(14-27(15)23(32)34-24(3,4)5)17(12-26-28)29-16(2)19(22(31)33-9)20(21(29)30)35-36(10,11)25(6,7)8/h12,15-16,19-20H,13-14H2,1-11H3/t15-,16-,19+,20+/m0/s1. The van der Waals surface area contributed by atoms with Gasteiger partial charge in [0, 0.05) is 0 Å². The van der Waals surface area contributed by atoms with Gasteiger partial charge in [-0.2, -0.15) is 5.10 Å². The van der Waals surface area contributed by atoms with Crippen LogP contribution in [0.3, 0.4) is 0 Å². The van der Waals surface area contributed by atoms with Crippen LogP contribution < -0.4 is 4.90 Å². The molecule has 0 aliphatic carbocycles. The van der Waals surface area contributed by atoms with Gasteiger partial charge in [0.2, 0.25) is 0 Å². The van der Waals surface area contributed by atoms with E-state index in [1.54, 1.807) is 16.0 Å². The number of carbonyl (C=O) groups excluding carboxylic acids is 3. The van der Waals surface area contributed by atoms with Crippen LogP contribution in [0.4, 0.5) is 10.5 Å². The van der Waals surface area contributed by atoms with Crippen molar-refractivity contribution in [3.63, 3.8) is 0 Å². The number of aromatic nitrogens is 2. The lowest BCUT2D eigenvalue weighted by Gasteiger charge is -2.38. The minimum absolute atomic E-state index is 0.135. The smallest absolute Gasteiger partial charge is 0.410 e. The average Bonchev–Trinajstić information content (AvgIpc) is 3.22. The Hall–Kier alpha value is -2.40. The third kappa shape index (κ3) is 5.18. The third-order valence-corrected chi connectivity index (χ3v) is 12.0. The minimum atomic E-state index is -2.39. The lowest BCUT2D eigenvalue weighted by molar-refractivity contribution is -0.150. The summed E-state index contributed by atoms with van der Waals surface area (Å²) >= 11 is 0. The Labute approximate surface area is 215 Å². The maximum atomic E-state index is 13.9. The van der Waals surface area contributed by atoms with Crippen LogP contribution in [-0.4, -0.2) is 71.9 Å². The number of rotatable bonds is 4. The Morgan fingerprint density at radius 1 is 1.11 bits per heavy atom. The first-order chi connectivity index (χ1) is 16.4. The van der Waals surface area contributed by atoms with Gasteiger partial charge in [-0.15, -0.1) is 0 Å². The number of esters is 1. The Morgan fingerprint density at radius 2 is 1.72 bits per heavy atom. The van der Waals surface area contributed by atoms with Gasteiger partial charge in [0.15, 0.2) is 8.32 Å². The summed E-state index contributed by atoms with van der Waals surface area (Å²) in [6, 6.07) is -0.646. The molecule has 2 aliphatic rings. The van der Waals surface area contributed by atoms with Crippen LogP contribution in [0.15, 0.2) is 6.20 Å². The molecule has 0 N–H and O–H groups in total. The molecule has 0 bridgehead atoms. The Balaban J connectivity index is 1.98. The normalized spacial score (nSPS) is 25.1. The summed E-state index contributed by atoms with van der Waals surface area (Å²) in [4.78, 5) is 42.9. The molecule has 2 aliphatic heterocycles. The first-order valence-electron chi connectivity index (χ1n) is 12.5. The van der Waals surface area contributed by atoms with Crippen molar-refractivity contribution in [2.45, 2.75) is 110 Å². The zero-order valence-electron chi connectivity index (χ0n) is 23.5. The van der Waals surface area contributed by atoms with Gasteiger partial charge in [-0.1, -0.05) is 20.8 Å². The SMILES string of the molecule is COC(=O)[C@H]1[C@@H](O[Si](C)(C)C(C)(C)C)C(=O)N(c2cnn3c2CN(C(=O)OC(C)(C)C)[C@@H](C)C3)[C@H]1C. The summed E-state index contributed by atoms with van der Waals surface area (Å²) in [6.07, 6.45) is 0.270. The number of nitrogens with zero attached hydrogens (tertiary/aromatic N) is 4. The fraction of sp³-hybridized carbons (Fsp3) is 0.760. The highest BCUT2D eigenvalue weighted by atomic mass is 28.4. The van der Waals surface area contributed by atoms with Crippen molar-refractivity contribution in [1.29, 1.82) is 0 Å². The summed E-state index contributed by atoms with van der Waals surface area (Å²) in [5, 5.41) is 4.37. The number of carbonyl (C=O) groups is 3. The molecule has 0 radical (unpaired) electrons. The van der Waals surface area contributed by atoms with Crippen molar-refractivity contribution in [3.8, 4) is 0 Å². The van der Waals surface area contributed by atoms with Gasteiger partial charge in [-0.25, -0.2) is 4.79 Å². The van der Waals surface area contributed by atoms with E-state index in [2.05, 4.69) is 39.0 Å². The summed E-state index contributed by atoms with van der Waals surface area (Å²) < 4.78 is 19.0. The molecule has 2 amide bonds. The molecule has 0 saturated carbocycles. The van der Waals surface area contributed by atoms with Gasteiger partial charge in [0.25, 0.3) is 5.91 Å². The minimum Gasteiger partial charge on any atom is -0.469 e. The molecule has 11 heteroatoms. The summed E-state index contributed by atoms with van der Waals surface area (Å²) in [7, 11) is -1.06. The molecule has 4 atom stereocenters. The third-order valence-electron chi connectivity index (χ3n) is 7.54. The van der Waals surface area contributed by atoms with E-state index in [1.807, 2.05) is 39.3 Å². The first kappa shape index (κ1) is 28.2. The number of methoxy groups -OCH3 is 1. The number of ether oxygens (including phenoxy) is 2. The zero-order chi connectivity index (χ0) is 27.4. The van der Waals surface area contributed by atoms with E-state index in [0.717, 1.165) is 5.69 Å². The molecular weight excluding hydrogens is 480 g/mol. The molecule has 1 aromatic rings. The van der Waals surface area contributed by atoms with Gasteiger partial charge >= 0.3 is 12.1 Å². The van der Waals surface area contributed by atoms with E-state index in [1.165, 1.54) is 7.11 Å². The molecule has 0 spiro atoms. The van der Waals surface area contributed by atoms with E-state index in [-0.39, 0.29) is 23.5 Å². The summed E-state index contributed by atoms with van der Waals surface area (Å²) in [5.74, 6) is -1.55. The highest BCUT2D eigenvalue weighted by Gasteiger charge is 2.55. The lowest BCUT2D eigenvalue weighted by atomic mass is 9.99. The van der Waals surface area contributed by atoms with E-state index >= 15 is 0 Å². The molecule has 1 saturated heterocycles. The van der Waals surface area contributed by atoms with Gasteiger partial charge < -0.3 is 18.8 Å². The van der Waals surface area contributed by atoms with E-state index in [4.69, 9.17) is 13.9 Å². The molecule has 1 fully saturated rings. The van der Waals surface area contributed by atoms with Crippen LogP contribution in [-0.2, 0) is 36.6 Å². The van der Waals surface area contributed by atoms with Crippen molar-refractivity contribution >= 4 is 32.0 Å². The van der Waals surface area contributed by atoms with Crippen molar-refractivity contribution in [2.24, 2.45) is 5.92 Å². The Bertz CT molecular complexity index is 1020. The molecule has 0 aromatic carbocycles. The second kappa shape index (κ2) is 9.48. The van der Waals surface area contributed by atoms with E-state index in [9.17, 15) is 14.4 Å². The van der Waals surface area contributed by atoms with Crippen LogP contribution in [0, 0.1) is 5.92 Å². The topological polar surface area (TPSA) is 103 Å². The summed E-state index contributed by atoms with van der Waals surface area (Å²) in [6.45, 7) is 20.3. The van der Waals surface area contributed by atoms with Crippen molar-refractivity contribution in [3.05, 3.63) is 11.9 Å². The maximum Gasteiger partial charge on any atom is 0.410 e. The molecule has 10 nitrogen and oxygen atoms in total. The predicted molar refractivity (Wildman–Crippen MR) is 138 cm³/mol. The van der Waals surface area contributed by atoms with E-state index < -0.39 is 44.0 Å². The highest BCUT2D eigenvalue weighted by Crippen LogP contribution is 2.42. The number of fused-ring (bicyclic) bond motifs is 1. The van der Waals surface area contributed by atoms with E-state index in [0.29, 0.717) is 12.2 Å². The van der Waals surface area contributed by atoms with Crippen molar-refractivity contribution in [1.82, 2.24) is 14.7 Å². The van der Waals surface area contributed by atoms with Gasteiger partial charge in [-0.3, -0.25) is 19.2 Å². The molecule has 1 aromatic heterocycles. The van der Waals surface area contributed by atoms with Crippen molar-refractivity contribution < 1.29 is 28.3 Å². The van der Waals surface area contributed by atoms with Gasteiger partial charge in [0.1, 0.15) is 17.6 Å². The molecule has 0 unspecified atom stereocenters. The molecule has 36 heavy (non-hydrogen) atoms. The monoisotopic (exact) mass is 522 g/mol. The van der Waals surface area contributed by atoms with Crippen LogP contribution in [0.1, 0.15) is 61.1 Å². The van der Waals surface area contributed by atoms with Crippen LogP contribution in [0.5, 0.6) is 0 Å². The zero-order valence-corrected chi connectivity index (χ0v) is 24.5. The van der Waals surface area contributed by atoms with Crippen molar-refractivity contribution in [2.75, 3.05) is 12.0 Å². The molecule has 202 valence electrons. The second-order valence-electron chi connectivity index (χ2n) is 12.4. The van der Waals surface area contributed by atoms with Crippen LogP contribution in [0.25, 0.3) is 0 Å². The quantitative estimate of drug-likeness (QED) is 0.436. The van der Waals surface area contributed by atoms with Crippen LogP contribution in [0.2, 0.25) is 18.1 Å². The summed E-state index contributed by atoms with van der Waals surface area (Å²) in [5.41, 5.74) is 0.664. The number of hydrogen-bond acceptors (Lipinski definition) is 7. The lowest BCUT2D eigenvalue weighted by Crippen LogP contribution is -2.48. The molecular formula is C25H42N4O6Si. The molecule has 3 heterocycles. The maximum absolute atomic E-state index is 13.9. The molecule has 3 rings (SSSR count). The Morgan fingerprint density at radius 3 is 2.25 bits per heavy atom.